The highest BCUT2D eigenvalue weighted by Gasteiger charge is 2.14. The first-order chi connectivity index (χ1) is 10.1. The summed E-state index contributed by atoms with van der Waals surface area (Å²) in [4.78, 5) is 6.30. The van der Waals surface area contributed by atoms with Crippen LogP contribution in [0.4, 0.5) is 0 Å². The van der Waals surface area contributed by atoms with Crippen molar-refractivity contribution in [3.05, 3.63) is 51.0 Å². The van der Waals surface area contributed by atoms with Gasteiger partial charge in [0.05, 0.1) is 10.7 Å². The van der Waals surface area contributed by atoms with Gasteiger partial charge in [0, 0.05) is 17.8 Å². The fourth-order valence-corrected chi connectivity index (χ4v) is 3.67. The second-order valence-electron chi connectivity index (χ2n) is 5.91. The highest BCUT2D eigenvalue weighted by molar-refractivity contribution is 7.11. The molecule has 0 aliphatic carbocycles. The van der Waals surface area contributed by atoms with Crippen LogP contribution in [0.5, 0.6) is 0 Å². The predicted molar refractivity (Wildman–Crippen MR) is 92.2 cm³/mol. The first-order valence-corrected chi connectivity index (χ1v) is 8.66. The van der Waals surface area contributed by atoms with Crippen LogP contribution < -0.4 is 5.32 Å². The molecule has 1 aromatic heterocycles. The Morgan fingerprint density at radius 3 is 2.76 bits per heavy atom. The summed E-state index contributed by atoms with van der Waals surface area (Å²) in [5, 5.41) is 4.74. The molecule has 2 nitrogen and oxygen atoms in total. The van der Waals surface area contributed by atoms with Gasteiger partial charge < -0.3 is 5.32 Å². The van der Waals surface area contributed by atoms with E-state index in [2.05, 4.69) is 57.3 Å². The lowest BCUT2D eigenvalue weighted by Crippen LogP contribution is -2.14. The van der Waals surface area contributed by atoms with E-state index in [1.165, 1.54) is 33.1 Å². The van der Waals surface area contributed by atoms with Crippen LogP contribution in [0.2, 0.25) is 0 Å². The molecule has 1 aromatic carbocycles. The van der Waals surface area contributed by atoms with E-state index in [4.69, 9.17) is 4.98 Å². The Kier molecular flexibility index (Phi) is 5.95. The standard InChI is InChI=1S/C18H26N2S/c1-5-9-19-12-16-18(13(2)3)20-17(21-16)11-15-8-6-7-14(4)10-15/h6-8,10,13,19H,5,9,11-12H2,1-4H3. The Bertz CT molecular complexity index is 572. The average molecular weight is 302 g/mol. The summed E-state index contributed by atoms with van der Waals surface area (Å²) in [7, 11) is 0. The van der Waals surface area contributed by atoms with Crippen LogP contribution >= 0.6 is 11.3 Å². The van der Waals surface area contributed by atoms with Gasteiger partial charge in [0.2, 0.25) is 0 Å². The average Bonchev–Trinajstić information content (AvgIpc) is 2.82. The third kappa shape index (κ3) is 4.65. The summed E-state index contributed by atoms with van der Waals surface area (Å²) < 4.78 is 0. The maximum absolute atomic E-state index is 4.89. The molecule has 0 saturated heterocycles. The third-order valence-electron chi connectivity index (χ3n) is 3.47. The molecule has 114 valence electrons. The Morgan fingerprint density at radius 2 is 2.10 bits per heavy atom. The zero-order valence-corrected chi connectivity index (χ0v) is 14.4. The van der Waals surface area contributed by atoms with Gasteiger partial charge in [0.15, 0.2) is 0 Å². The van der Waals surface area contributed by atoms with E-state index in [0.29, 0.717) is 5.92 Å². The molecule has 0 atom stereocenters. The second kappa shape index (κ2) is 7.71. The summed E-state index contributed by atoms with van der Waals surface area (Å²) in [6.07, 6.45) is 2.12. The maximum atomic E-state index is 4.89. The lowest BCUT2D eigenvalue weighted by molar-refractivity contribution is 0.670. The summed E-state index contributed by atoms with van der Waals surface area (Å²) in [5.41, 5.74) is 3.94. The summed E-state index contributed by atoms with van der Waals surface area (Å²) >= 11 is 1.87. The normalized spacial score (nSPS) is 11.3. The molecular weight excluding hydrogens is 276 g/mol. The number of nitrogens with one attached hydrogen (secondary N) is 1. The number of hydrogen-bond acceptors (Lipinski definition) is 3. The van der Waals surface area contributed by atoms with Crippen LogP contribution in [0, 0.1) is 6.92 Å². The number of aromatic nitrogens is 1. The van der Waals surface area contributed by atoms with Gasteiger partial charge in [-0.25, -0.2) is 4.98 Å². The van der Waals surface area contributed by atoms with Crippen LogP contribution in [-0.4, -0.2) is 11.5 Å². The Balaban J connectivity index is 2.14. The van der Waals surface area contributed by atoms with Crippen LogP contribution in [0.3, 0.4) is 0 Å². The van der Waals surface area contributed by atoms with Crippen molar-refractivity contribution in [2.45, 2.75) is 53.0 Å². The maximum Gasteiger partial charge on any atom is 0.0975 e. The van der Waals surface area contributed by atoms with Gasteiger partial charge in [-0.15, -0.1) is 11.3 Å². The molecule has 0 aliphatic heterocycles. The zero-order valence-electron chi connectivity index (χ0n) is 13.6. The van der Waals surface area contributed by atoms with Crippen molar-refractivity contribution in [2.24, 2.45) is 0 Å². The number of aryl methyl sites for hydroxylation is 1. The fourth-order valence-electron chi connectivity index (χ4n) is 2.44. The number of hydrogen-bond donors (Lipinski definition) is 1. The van der Waals surface area contributed by atoms with Crippen LogP contribution in [0.25, 0.3) is 0 Å². The molecule has 1 N–H and O–H groups in total. The van der Waals surface area contributed by atoms with Crippen LogP contribution in [0.15, 0.2) is 24.3 Å². The Hall–Kier alpha value is -1.19. The molecule has 0 amide bonds. The SMILES string of the molecule is CCCNCc1sc(Cc2cccc(C)c2)nc1C(C)C. The van der Waals surface area contributed by atoms with Crippen molar-refractivity contribution in [3.63, 3.8) is 0 Å². The van der Waals surface area contributed by atoms with Crippen molar-refractivity contribution in [2.75, 3.05) is 6.54 Å². The van der Waals surface area contributed by atoms with Gasteiger partial charge in [0.1, 0.15) is 0 Å². The van der Waals surface area contributed by atoms with Crippen molar-refractivity contribution >= 4 is 11.3 Å². The van der Waals surface area contributed by atoms with E-state index in [-0.39, 0.29) is 0 Å². The van der Waals surface area contributed by atoms with Crippen molar-refractivity contribution in [1.29, 1.82) is 0 Å². The second-order valence-corrected chi connectivity index (χ2v) is 7.08. The molecule has 2 aromatic rings. The van der Waals surface area contributed by atoms with Crippen molar-refractivity contribution in [1.82, 2.24) is 10.3 Å². The first kappa shape index (κ1) is 16.2. The predicted octanol–water partition coefficient (Wildman–Crippen LogP) is 4.67. The minimum Gasteiger partial charge on any atom is -0.312 e. The van der Waals surface area contributed by atoms with Gasteiger partial charge in [-0.1, -0.05) is 50.6 Å². The number of nitrogens with zero attached hydrogens (tertiary/aromatic N) is 1. The largest absolute Gasteiger partial charge is 0.312 e. The molecule has 0 radical (unpaired) electrons. The fraction of sp³-hybridized carbons (Fsp3) is 0.500. The molecule has 0 fully saturated rings. The topological polar surface area (TPSA) is 24.9 Å². The van der Waals surface area contributed by atoms with E-state index in [1.54, 1.807) is 0 Å². The molecule has 2 rings (SSSR count). The van der Waals surface area contributed by atoms with E-state index < -0.39 is 0 Å². The lowest BCUT2D eigenvalue weighted by atomic mass is 10.1. The number of benzene rings is 1. The van der Waals surface area contributed by atoms with Gasteiger partial charge in [-0.05, 0) is 31.4 Å². The van der Waals surface area contributed by atoms with Crippen molar-refractivity contribution in [3.8, 4) is 0 Å². The zero-order chi connectivity index (χ0) is 15.2. The minimum absolute atomic E-state index is 0.492. The molecule has 3 heteroatoms. The van der Waals surface area contributed by atoms with Crippen molar-refractivity contribution < 1.29 is 0 Å². The quantitative estimate of drug-likeness (QED) is 0.752. The number of rotatable bonds is 7. The highest BCUT2D eigenvalue weighted by Crippen LogP contribution is 2.26. The molecular formula is C18H26N2S. The molecule has 0 aliphatic rings. The minimum atomic E-state index is 0.492. The first-order valence-electron chi connectivity index (χ1n) is 7.85. The molecule has 1 heterocycles. The molecule has 0 unspecified atom stereocenters. The summed E-state index contributed by atoms with van der Waals surface area (Å²) in [5.74, 6) is 0.492. The summed E-state index contributed by atoms with van der Waals surface area (Å²) in [6, 6.07) is 8.72. The Morgan fingerprint density at radius 1 is 1.29 bits per heavy atom. The molecule has 0 bridgehead atoms. The van der Waals surface area contributed by atoms with Gasteiger partial charge in [0.25, 0.3) is 0 Å². The van der Waals surface area contributed by atoms with E-state index >= 15 is 0 Å². The molecule has 0 spiro atoms. The van der Waals surface area contributed by atoms with E-state index in [9.17, 15) is 0 Å². The van der Waals surface area contributed by atoms with Gasteiger partial charge in [-0.2, -0.15) is 0 Å². The monoisotopic (exact) mass is 302 g/mol. The molecule has 21 heavy (non-hydrogen) atoms. The molecule has 0 saturated carbocycles. The van der Waals surface area contributed by atoms with Crippen LogP contribution in [0.1, 0.15) is 59.8 Å². The van der Waals surface area contributed by atoms with Gasteiger partial charge >= 0.3 is 0 Å². The van der Waals surface area contributed by atoms with Gasteiger partial charge in [-0.3, -0.25) is 0 Å². The van der Waals surface area contributed by atoms with E-state index in [1.807, 2.05) is 11.3 Å². The number of thiazole rings is 1. The lowest BCUT2D eigenvalue weighted by Gasteiger charge is -2.05. The summed E-state index contributed by atoms with van der Waals surface area (Å²) in [6.45, 7) is 10.8. The van der Waals surface area contributed by atoms with Crippen LogP contribution in [-0.2, 0) is 13.0 Å². The third-order valence-corrected chi connectivity index (χ3v) is 4.54. The smallest absolute Gasteiger partial charge is 0.0975 e. The Labute approximate surface area is 132 Å². The van der Waals surface area contributed by atoms with E-state index in [0.717, 1.165) is 19.5 Å². The highest BCUT2D eigenvalue weighted by atomic mass is 32.1.